The number of anilines is 2. The first-order valence-corrected chi connectivity index (χ1v) is 5.72. The van der Waals surface area contributed by atoms with Crippen LogP contribution in [0.2, 0.25) is 0 Å². The fraction of sp³-hybridized carbons (Fsp3) is 0.462. The largest absolute Gasteiger partial charge is 0.398 e. The summed E-state index contributed by atoms with van der Waals surface area (Å²) < 4.78 is 5.24. The van der Waals surface area contributed by atoms with Crippen LogP contribution in [0.5, 0.6) is 0 Å². The molecule has 3 N–H and O–H groups in total. The standard InChI is InChI=1S/C13H20N2O2/c1-9(2)7-17-8-13(16)15-11-5-4-10(3)12(14)6-11/h4-6,9H,7-8,14H2,1-3H3,(H,15,16). The highest BCUT2D eigenvalue weighted by Crippen LogP contribution is 2.16. The fourth-order valence-electron chi connectivity index (χ4n) is 1.30. The van der Waals surface area contributed by atoms with Crippen molar-refractivity contribution >= 4 is 17.3 Å². The van der Waals surface area contributed by atoms with Crippen LogP contribution in [0, 0.1) is 12.8 Å². The molecular weight excluding hydrogens is 216 g/mol. The highest BCUT2D eigenvalue weighted by Gasteiger charge is 2.04. The maximum absolute atomic E-state index is 11.5. The number of carbonyl (C=O) groups excluding carboxylic acids is 1. The molecular formula is C13H20N2O2. The molecule has 0 spiro atoms. The Kier molecular flexibility index (Phi) is 4.97. The molecule has 0 aromatic heterocycles. The highest BCUT2D eigenvalue weighted by molar-refractivity contribution is 5.92. The van der Waals surface area contributed by atoms with Crippen LogP contribution in [-0.2, 0) is 9.53 Å². The second-order valence-corrected chi connectivity index (χ2v) is 4.53. The van der Waals surface area contributed by atoms with Gasteiger partial charge in [0.15, 0.2) is 0 Å². The molecule has 1 aromatic carbocycles. The van der Waals surface area contributed by atoms with Crippen molar-refractivity contribution in [2.24, 2.45) is 5.92 Å². The van der Waals surface area contributed by atoms with Crippen molar-refractivity contribution in [3.8, 4) is 0 Å². The van der Waals surface area contributed by atoms with E-state index < -0.39 is 0 Å². The molecule has 94 valence electrons. The lowest BCUT2D eigenvalue weighted by molar-refractivity contribution is -0.120. The number of benzene rings is 1. The number of hydrogen-bond acceptors (Lipinski definition) is 3. The van der Waals surface area contributed by atoms with Gasteiger partial charge < -0.3 is 15.8 Å². The number of nitrogens with one attached hydrogen (secondary N) is 1. The Morgan fingerprint density at radius 3 is 2.76 bits per heavy atom. The van der Waals surface area contributed by atoms with E-state index in [1.165, 1.54) is 0 Å². The molecule has 1 aromatic rings. The third-order valence-electron chi connectivity index (χ3n) is 2.25. The number of hydrogen-bond donors (Lipinski definition) is 2. The molecule has 0 fully saturated rings. The molecule has 1 amide bonds. The van der Waals surface area contributed by atoms with E-state index in [0.29, 0.717) is 23.9 Å². The van der Waals surface area contributed by atoms with Crippen LogP contribution in [0.4, 0.5) is 11.4 Å². The second-order valence-electron chi connectivity index (χ2n) is 4.53. The maximum atomic E-state index is 11.5. The van der Waals surface area contributed by atoms with Crippen molar-refractivity contribution < 1.29 is 9.53 Å². The van der Waals surface area contributed by atoms with Crippen molar-refractivity contribution in [3.63, 3.8) is 0 Å². The van der Waals surface area contributed by atoms with E-state index in [1.54, 1.807) is 6.07 Å². The van der Waals surface area contributed by atoms with Crippen molar-refractivity contribution in [2.75, 3.05) is 24.3 Å². The van der Waals surface area contributed by atoms with Gasteiger partial charge in [0.05, 0.1) is 0 Å². The molecule has 0 aliphatic rings. The van der Waals surface area contributed by atoms with Crippen molar-refractivity contribution in [3.05, 3.63) is 23.8 Å². The van der Waals surface area contributed by atoms with E-state index in [2.05, 4.69) is 5.32 Å². The molecule has 4 heteroatoms. The summed E-state index contributed by atoms with van der Waals surface area (Å²) in [6.45, 7) is 6.67. The predicted molar refractivity (Wildman–Crippen MR) is 69.9 cm³/mol. The lowest BCUT2D eigenvalue weighted by atomic mass is 10.2. The summed E-state index contributed by atoms with van der Waals surface area (Å²) >= 11 is 0. The van der Waals surface area contributed by atoms with Gasteiger partial charge in [-0.2, -0.15) is 0 Å². The number of nitrogens with two attached hydrogens (primary N) is 1. The molecule has 17 heavy (non-hydrogen) atoms. The average molecular weight is 236 g/mol. The first-order valence-electron chi connectivity index (χ1n) is 5.72. The summed E-state index contributed by atoms with van der Waals surface area (Å²) in [5, 5.41) is 2.74. The van der Waals surface area contributed by atoms with Gasteiger partial charge in [-0.3, -0.25) is 4.79 Å². The molecule has 0 unspecified atom stereocenters. The molecule has 0 bridgehead atoms. The lowest BCUT2D eigenvalue weighted by Gasteiger charge is -2.09. The van der Waals surface area contributed by atoms with Gasteiger partial charge in [0.2, 0.25) is 5.91 Å². The summed E-state index contributed by atoms with van der Waals surface area (Å²) in [5.41, 5.74) is 8.13. The number of ether oxygens (including phenoxy) is 1. The zero-order chi connectivity index (χ0) is 12.8. The Bertz CT molecular complexity index is 389. The van der Waals surface area contributed by atoms with E-state index in [0.717, 1.165) is 5.56 Å². The van der Waals surface area contributed by atoms with Gasteiger partial charge in [0.1, 0.15) is 6.61 Å². The van der Waals surface area contributed by atoms with Crippen LogP contribution in [0.1, 0.15) is 19.4 Å². The topological polar surface area (TPSA) is 64.3 Å². The van der Waals surface area contributed by atoms with Crippen LogP contribution in [0.15, 0.2) is 18.2 Å². The lowest BCUT2D eigenvalue weighted by Crippen LogP contribution is -2.19. The minimum absolute atomic E-state index is 0.0754. The number of aryl methyl sites for hydroxylation is 1. The molecule has 0 aliphatic heterocycles. The van der Waals surface area contributed by atoms with E-state index >= 15 is 0 Å². The fourth-order valence-corrected chi connectivity index (χ4v) is 1.30. The van der Waals surface area contributed by atoms with Crippen LogP contribution in [0.3, 0.4) is 0 Å². The van der Waals surface area contributed by atoms with E-state index in [1.807, 2.05) is 32.9 Å². The van der Waals surface area contributed by atoms with Gasteiger partial charge in [-0.1, -0.05) is 19.9 Å². The van der Waals surface area contributed by atoms with E-state index in [-0.39, 0.29) is 12.5 Å². The van der Waals surface area contributed by atoms with Crippen LogP contribution >= 0.6 is 0 Å². The summed E-state index contributed by atoms with van der Waals surface area (Å²) in [4.78, 5) is 11.5. The Hall–Kier alpha value is -1.55. The zero-order valence-corrected chi connectivity index (χ0v) is 10.6. The number of carbonyl (C=O) groups is 1. The Balaban J connectivity index is 2.42. The summed E-state index contributed by atoms with van der Waals surface area (Å²) in [7, 11) is 0. The van der Waals surface area contributed by atoms with E-state index in [9.17, 15) is 4.79 Å². The van der Waals surface area contributed by atoms with Gasteiger partial charge in [-0.05, 0) is 30.5 Å². The van der Waals surface area contributed by atoms with Gasteiger partial charge in [0, 0.05) is 18.0 Å². The summed E-state index contributed by atoms with van der Waals surface area (Å²) in [6, 6.07) is 5.45. The maximum Gasteiger partial charge on any atom is 0.250 e. The first-order chi connectivity index (χ1) is 7.99. The molecule has 0 saturated heterocycles. The predicted octanol–water partition coefficient (Wildman–Crippen LogP) is 2.19. The number of rotatable bonds is 5. The van der Waals surface area contributed by atoms with E-state index in [4.69, 9.17) is 10.5 Å². The third kappa shape index (κ3) is 4.87. The quantitative estimate of drug-likeness (QED) is 0.770. The van der Waals surface area contributed by atoms with Crippen molar-refractivity contribution in [2.45, 2.75) is 20.8 Å². The first kappa shape index (κ1) is 13.5. The Labute approximate surface area is 102 Å². The molecule has 4 nitrogen and oxygen atoms in total. The Morgan fingerprint density at radius 1 is 1.47 bits per heavy atom. The molecule has 0 aliphatic carbocycles. The van der Waals surface area contributed by atoms with Gasteiger partial charge in [0.25, 0.3) is 0 Å². The SMILES string of the molecule is Cc1ccc(NC(=O)COCC(C)C)cc1N. The zero-order valence-electron chi connectivity index (χ0n) is 10.6. The summed E-state index contributed by atoms with van der Waals surface area (Å²) in [6.07, 6.45) is 0. The van der Waals surface area contributed by atoms with Crippen LogP contribution in [0.25, 0.3) is 0 Å². The monoisotopic (exact) mass is 236 g/mol. The molecule has 0 radical (unpaired) electrons. The number of nitrogen functional groups attached to an aromatic ring is 1. The molecule has 0 atom stereocenters. The second kappa shape index (κ2) is 6.25. The third-order valence-corrected chi connectivity index (χ3v) is 2.25. The van der Waals surface area contributed by atoms with Crippen LogP contribution < -0.4 is 11.1 Å². The van der Waals surface area contributed by atoms with Gasteiger partial charge in [-0.15, -0.1) is 0 Å². The van der Waals surface area contributed by atoms with Crippen molar-refractivity contribution in [1.29, 1.82) is 0 Å². The van der Waals surface area contributed by atoms with Crippen molar-refractivity contribution in [1.82, 2.24) is 0 Å². The highest BCUT2D eigenvalue weighted by atomic mass is 16.5. The van der Waals surface area contributed by atoms with Gasteiger partial charge >= 0.3 is 0 Å². The van der Waals surface area contributed by atoms with Crippen LogP contribution in [-0.4, -0.2) is 19.1 Å². The minimum atomic E-state index is -0.158. The molecule has 0 saturated carbocycles. The normalized spacial score (nSPS) is 10.6. The average Bonchev–Trinajstić information content (AvgIpc) is 2.23. The smallest absolute Gasteiger partial charge is 0.250 e. The summed E-state index contributed by atoms with van der Waals surface area (Å²) in [5.74, 6) is 0.270. The molecule has 0 heterocycles. The molecule has 1 rings (SSSR count). The Morgan fingerprint density at radius 2 is 2.18 bits per heavy atom. The number of amides is 1. The minimum Gasteiger partial charge on any atom is -0.398 e. The van der Waals surface area contributed by atoms with Gasteiger partial charge in [-0.25, -0.2) is 0 Å².